The highest BCUT2D eigenvalue weighted by Crippen LogP contribution is 2.47. The predicted octanol–water partition coefficient (Wildman–Crippen LogP) is 4.22. The summed E-state index contributed by atoms with van der Waals surface area (Å²) in [5.41, 5.74) is 3.04. The minimum absolute atomic E-state index is 0.0361. The summed E-state index contributed by atoms with van der Waals surface area (Å²) in [5, 5.41) is 11.3. The molecule has 8 nitrogen and oxygen atoms in total. The lowest BCUT2D eigenvalue weighted by molar-refractivity contribution is -0.156. The number of methoxy groups -OCH3 is 1. The number of hydrogen-bond acceptors (Lipinski definition) is 7. The minimum atomic E-state index is -1.60. The maximum Gasteiger partial charge on any atom is 0.351 e. The summed E-state index contributed by atoms with van der Waals surface area (Å²) in [5.74, 6) is 0.716. The van der Waals surface area contributed by atoms with Gasteiger partial charge in [-0.25, -0.2) is 9.18 Å². The van der Waals surface area contributed by atoms with Crippen molar-refractivity contribution in [1.82, 2.24) is 9.55 Å². The molecule has 1 aliphatic heterocycles. The summed E-state index contributed by atoms with van der Waals surface area (Å²) < 4.78 is 34.5. The van der Waals surface area contributed by atoms with Crippen LogP contribution in [0.15, 0.2) is 102 Å². The fourth-order valence-corrected chi connectivity index (χ4v) is 5.47. The number of aromatic nitrogens is 2. The number of ether oxygens (including phenoxy) is 3. The van der Waals surface area contributed by atoms with Crippen molar-refractivity contribution in [2.75, 3.05) is 26.1 Å². The fourth-order valence-electron chi connectivity index (χ4n) is 5.47. The van der Waals surface area contributed by atoms with E-state index >= 15 is 0 Å². The number of anilines is 1. The SMILES string of the molecule is COc1ccc(C(OC[C@]2(CF)C[C@@](C)(O)[C@H](n3ccc(N)nc3=O)O2)(c2ccccc2)c2ccccc2)cc1. The number of nitrogen functional groups attached to an aromatic ring is 1. The van der Waals surface area contributed by atoms with Gasteiger partial charge in [0.15, 0.2) is 6.23 Å². The first-order valence-corrected chi connectivity index (χ1v) is 12.9. The summed E-state index contributed by atoms with van der Waals surface area (Å²) in [6.45, 7) is 0.311. The van der Waals surface area contributed by atoms with Crippen LogP contribution in [-0.4, -0.2) is 46.3 Å². The van der Waals surface area contributed by atoms with Gasteiger partial charge in [0, 0.05) is 12.6 Å². The van der Waals surface area contributed by atoms with Crippen molar-refractivity contribution in [2.45, 2.75) is 36.4 Å². The molecule has 9 heteroatoms. The molecule has 0 bridgehead atoms. The van der Waals surface area contributed by atoms with Gasteiger partial charge in [-0.1, -0.05) is 72.8 Å². The standard InChI is InChI=1S/C31H32FN3O5/c1-29(37)19-30(20-32,40-27(29)35-18-17-26(33)34-28(35)36)21-39-31(22-9-5-3-6-10-22,23-11-7-4-8-12-23)24-13-15-25(38-2)16-14-24/h3-18,27,37H,19-21H2,1-2H3,(H2,33,34,36)/t27-,29-,30-/m1/s1. The largest absolute Gasteiger partial charge is 0.497 e. The third kappa shape index (κ3) is 4.99. The van der Waals surface area contributed by atoms with Crippen LogP contribution in [0.3, 0.4) is 0 Å². The molecule has 40 heavy (non-hydrogen) atoms. The molecule has 3 N–H and O–H groups in total. The molecule has 0 unspecified atom stereocenters. The van der Waals surface area contributed by atoms with E-state index in [4.69, 9.17) is 19.9 Å². The van der Waals surface area contributed by atoms with Crippen molar-refractivity contribution in [3.05, 3.63) is 124 Å². The number of alkyl halides is 1. The Bertz CT molecular complexity index is 1460. The van der Waals surface area contributed by atoms with Crippen LogP contribution < -0.4 is 16.2 Å². The summed E-state index contributed by atoms with van der Waals surface area (Å²) in [4.78, 5) is 16.3. The molecule has 4 aromatic rings. The van der Waals surface area contributed by atoms with Crippen molar-refractivity contribution in [3.8, 4) is 5.75 Å². The highest BCUT2D eigenvalue weighted by molar-refractivity contribution is 5.48. The molecule has 0 aliphatic carbocycles. The van der Waals surface area contributed by atoms with Gasteiger partial charge < -0.3 is 25.1 Å². The van der Waals surface area contributed by atoms with Crippen LogP contribution >= 0.6 is 0 Å². The molecular formula is C31H32FN3O5. The number of hydrogen-bond donors (Lipinski definition) is 2. The van der Waals surface area contributed by atoms with E-state index in [9.17, 15) is 14.3 Å². The zero-order chi connectivity index (χ0) is 28.4. The summed E-state index contributed by atoms with van der Waals surface area (Å²) >= 11 is 0. The number of nitrogens with zero attached hydrogens (tertiary/aromatic N) is 2. The quantitative estimate of drug-likeness (QED) is 0.303. The zero-order valence-electron chi connectivity index (χ0n) is 22.4. The summed E-state index contributed by atoms with van der Waals surface area (Å²) in [6.07, 6.45) is 0.0609. The molecule has 0 radical (unpaired) electrons. The van der Waals surface area contributed by atoms with Gasteiger partial charge in [-0.05, 0) is 41.8 Å². The third-order valence-electron chi connectivity index (χ3n) is 7.33. The predicted molar refractivity (Wildman–Crippen MR) is 149 cm³/mol. The van der Waals surface area contributed by atoms with Crippen molar-refractivity contribution in [2.24, 2.45) is 0 Å². The van der Waals surface area contributed by atoms with Crippen LogP contribution in [0.4, 0.5) is 10.2 Å². The molecule has 1 aromatic heterocycles. The van der Waals surface area contributed by atoms with E-state index in [0.717, 1.165) is 21.3 Å². The van der Waals surface area contributed by atoms with E-state index in [1.165, 1.54) is 19.2 Å². The van der Waals surface area contributed by atoms with Crippen LogP contribution in [0.2, 0.25) is 0 Å². The lowest BCUT2D eigenvalue weighted by atomic mass is 9.79. The van der Waals surface area contributed by atoms with E-state index in [-0.39, 0.29) is 18.8 Å². The van der Waals surface area contributed by atoms with Crippen molar-refractivity contribution >= 4 is 5.82 Å². The second-order valence-corrected chi connectivity index (χ2v) is 10.3. The molecule has 3 atom stereocenters. The first kappa shape index (κ1) is 27.5. The highest BCUT2D eigenvalue weighted by atomic mass is 19.1. The fraction of sp³-hybridized carbons (Fsp3) is 0.290. The first-order valence-electron chi connectivity index (χ1n) is 12.9. The van der Waals surface area contributed by atoms with E-state index in [2.05, 4.69) is 4.98 Å². The lowest BCUT2D eigenvalue weighted by Crippen LogP contribution is -2.43. The van der Waals surface area contributed by atoms with E-state index < -0.39 is 35.4 Å². The van der Waals surface area contributed by atoms with Gasteiger partial charge >= 0.3 is 5.69 Å². The molecule has 1 aliphatic rings. The molecule has 2 heterocycles. The molecule has 0 saturated carbocycles. The molecule has 5 rings (SSSR count). The Morgan fingerprint density at radius 1 is 1.02 bits per heavy atom. The molecule has 208 valence electrons. The van der Waals surface area contributed by atoms with Crippen LogP contribution in [0.5, 0.6) is 5.75 Å². The number of benzene rings is 3. The molecule has 1 saturated heterocycles. The average Bonchev–Trinajstić information content (AvgIpc) is 3.25. The second kappa shape index (κ2) is 10.8. The summed E-state index contributed by atoms with van der Waals surface area (Å²) in [6, 6.07) is 28.2. The Balaban J connectivity index is 1.59. The highest BCUT2D eigenvalue weighted by Gasteiger charge is 2.55. The monoisotopic (exact) mass is 545 g/mol. The molecule has 1 fully saturated rings. The van der Waals surface area contributed by atoms with Gasteiger partial charge in [0.2, 0.25) is 0 Å². The number of aliphatic hydroxyl groups is 1. The van der Waals surface area contributed by atoms with Crippen molar-refractivity contribution in [3.63, 3.8) is 0 Å². The zero-order valence-corrected chi connectivity index (χ0v) is 22.4. The van der Waals surface area contributed by atoms with Crippen LogP contribution in [0.1, 0.15) is 36.3 Å². The van der Waals surface area contributed by atoms with Crippen LogP contribution in [0, 0.1) is 0 Å². The topological polar surface area (TPSA) is 109 Å². The van der Waals surface area contributed by atoms with E-state index in [1.54, 1.807) is 7.11 Å². The Hall–Kier alpha value is -4.05. The number of rotatable bonds is 9. The normalized spacial score (nSPS) is 22.8. The van der Waals surface area contributed by atoms with Gasteiger partial charge in [-0.2, -0.15) is 4.98 Å². The van der Waals surface area contributed by atoms with E-state index in [0.29, 0.717) is 5.75 Å². The maximum atomic E-state index is 15.0. The third-order valence-corrected chi connectivity index (χ3v) is 7.33. The lowest BCUT2D eigenvalue weighted by Gasteiger charge is -2.39. The van der Waals surface area contributed by atoms with Gasteiger partial charge in [0.05, 0.1) is 13.7 Å². The van der Waals surface area contributed by atoms with Crippen molar-refractivity contribution < 1.29 is 23.7 Å². The Morgan fingerprint density at radius 3 is 2.12 bits per heavy atom. The van der Waals surface area contributed by atoms with Crippen LogP contribution in [-0.2, 0) is 15.1 Å². The van der Waals surface area contributed by atoms with Gasteiger partial charge in [-0.3, -0.25) is 4.57 Å². The molecule has 3 aromatic carbocycles. The first-order chi connectivity index (χ1) is 19.2. The Labute approximate surface area is 231 Å². The smallest absolute Gasteiger partial charge is 0.351 e. The Kier molecular flexibility index (Phi) is 7.46. The minimum Gasteiger partial charge on any atom is -0.497 e. The summed E-state index contributed by atoms with van der Waals surface area (Å²) in [7, 11) is 1.60. The van der Waals surface area contributed by atoms with E-state index in [1.807, 2.05) is 84.9 Å². The molecule has 0 spiro atoms. The van der Waals surface area contributed by atoms with Gasteiger partial charge in [-0.15, -0.1) is 0 Å². The average molecular weight is 546 g/mol. The maximum absolute atomic E-state index is 15.0. The molecule has 0 amide bonds. The second-order valence-electron chi connectivity index (χ2n) is 10.3. The molecular weight excluding hydrogens is 513 g/mol. The number of halogens is 1. The number of nitrogens with two attached hydrogens (primary N) is 1. The van der Waals surface area contributed by atoms with Gasteiger partial charge in [0.1, 0.15) is 35.0 Å². The Morgan fingerprint density at radius 2 is 1.60 bits per heavy atom. The van der Waals surface area contributed by atoms with Crippen LogP contribution in [0.25, 0.3) is 0 Å². The van der Waals surface area contributed by atoms with Gasteiger partial charge in [0.25, 0.3) is 0 Å². The van der Waals surface area contributed by atoms with Crippen molar-refractivity contribution in [1.29, 1.82) is 0 Å².